The lowest BCUT2D eigenvalue weighted by Gasteiger charge is -2.07. The molecular weight excluding hydrogens is 458 g/mol. The van der Waals surface area contributed by atoms with E-state index in [2.05, 4.69) is 20.6 Å². The predicted molar refractivity (Wildman–Crippen MR) is 139 cm³/mol. The molecule has 0 aliphatic rings. The molecule has 2 heterocycles. The van der Waals surface area contributed by atoms with E-state index in [9.17, 15) is 14.4 Å². The molecule has 0 spiro atoms. The van der Waals surface area contributed by atoms with Gasteiger partial charge in [0.1, 0.15) is 0 Å². The van der Waals surface area contributed by atoms with Crippen LogP contribution in [0.4, 0.5) is 5.69 Å². The number of carbonyl (C=O) groups excluding carboxylic acids is 1. The Morgan fingerprint density at radius 3 is 2.25 bits per heavy atom. The van der Waals surface area contributed by atoms with Crippen molar-refractivity contribution in [1.82, 2.24) is 20.0 Å². The van der Waals surface area contributed by atoms with E-state index in [0.717, 1.165) is 10.9 Å². The van der Waals surface area contributed by atoms with Crippen molar-refractivity contribution in [3.8, 4) is 11.3 Å². The number of aromatic nitrogens is 4. The summed E-state index contributed by atoms with van der Waals surface area (Å²) in [4.78, 5) is 36.0. The number of H-pyrrole nitrogens is 1. The van der Waals surface area contributed by atoms with Crippen molar-refractivity contribution in [2.45, 2.75) is 26.8 Å². The molecule has 0 aliphatic carbocycles. The monoisotopic (exact) mass is 483 g/mol. The van der Waals surface area contributed by atoms with Crippen molar-refractivity contribution in [2.24, 2.45) is 0 Å². The molecule has 36 heavy (non-hydrogen) atoms. The summed E-state index contributed by atoms with van der Waals surface area (Å²) in [6, 6.07) is 21.6. The van der Waals surface area contributed by atoms with Crippen LogP contribution < -0.4 is 10.9 Å². The first-order valence-electron chi connectivity index (χ1n) is 11.6. The summed E-state index contributed by atoms with van der Waals surface area (Å²) >= 11 is 0. The van der Waals surface area contributed by atoms with Gasteiger partial charge in [-0.1, -0.05) is 62.4 Å². The largest absolute Gasteiger partial charge is 0.481 e. The Morgan fingerprint density at radius 2 is 1.56 bits per heavy atom. The van der Waals surface area contributed by atoms with Crippen molar-refractivity contribution in [3.05, 3.63) is 88.8 Å². The van der Waals surface area contributed by atoms with Crippen LogP contribution in [0, 0.1) is 0 Å². The summed E-state index contributed by atoms with van der Waals surface area (Å²) in [5, 5.41) is 24.9. The van der Waals surface area contributed by atoms with Crippen LogP contribution in [0.3, 0.4) is 0 Å². The molecule has 9 nitrogen and oxygen atoms in total. The zero-order valence-electron chi connectivity index (χ0n) is 19.9. The van der Waals surface area contributed by atoms with Crippen LogP contribution in [0.2, 0.25) is 0 Å². The maximum atomic E-state index is 13.0. The van der Waals surface area contributed by atoms with E-state index in [1.54, 1.807) is 42.5 Å². The van der Waals surface area contributed by atoms with E-state index in [4.69, 9.17) is 5.11 Å². The molecule has 3 N–H and O–H groups in total. The Kier molecular flexibility index (Phi) is 7.20. The molecule has 5 aromatic rings. The number of hydrogen-bond donors (Lipinski definition) is 3. The van der Waals surface area contributed by atoms with E-state index < -0.39 is 11.9 Å². The van der Waals surface area contributed by atoms with Gasteiger partial charge in [0.25, 0.3) is 11.5 Å². The van der Waals surface area contributed by atoms with Gasteiger partial charge in [-0.25, -0.2) is 5.10 Å². The predicted octanol–water partition coefficient (Wildman–Crippen LogP) is 4.69. The fraction of sp³-hybridized carbons (Fsp3) is 0.148. The highest BCUT2D eigenvalue weighted by Gasteiger charge is 2.18. The number of aryl methyl sites for hydroxylation is 1. The van der Waals surface area contributed by atoms with Gasteiger partial charge in [-0.2, -0.15) is 10.2 Å². The normalized spacial score (nSPS) is 10.6. The summed E-state index contributed by atoms with van der Waals surface area (Å²) in [7, 11) is 0. The molecule has 3 aromatic carbocycles. The van der Waals surface area contributed by atoms with Crippen molar-refractivity contribution in [1.29, 1.82) is 0 Å². The van der Waals surface area contributed by atoms with Crippen LogP contribution >= 0.6 is 0 Å². The van der Waals surface area contributed by atoms with Crippen LogP contribution in [-0.2, 0) is 11.3 Å². The number of amides is 1. The average molecular weight is 484 g/mol. The Bertz CT molecular complexity index is 1600. The molecule has 0 saturated heterocycles. The number of carboxylic acids is 1. The Labute approximate surface area is 206 Å². The summed E-state index contributed by atoms with van der Waals surface area (Å²) in [5.41, 5.74) is 2.65. The quantitative estimate of drug-likeness (QED) is 0.321. The number of anilines is 1. The molecule has 0 bridgehead atoms. The summed E-state index contributed by atoms with van der Waals surface area (Å²) in [5.74, 6) is -1.33. The number of hydrogen-bond acceptors (Lipinski definition) is 5. The number of benzene rings is 3. The number of carboxylic acid groups (broad SMARTS) is 1. The maximum absolute atomic E-state index is 13.0. The highest BCUT2D eigenvalue weighted by Crippen LogP contribution is 2.26. The average Bonchev–Trinajstić information content (AvgIpc) is 3.29. The smallest absolute Gasteiger partial charge is 0.305 e. The first kappa shape index (κ1) is 24.3. The maximum Gasteiger partial charge on any atom is 0.305 e. The second-order valence-corrected chi connectivity index (χ2v) is 7.71. The number of carbonyl (C=O) groups is 2. The standard InChI is InChI=1S/C25H19N5O4.C2H6/c31-21(32)13-14-30-20-8-4-3-7-19(20)23(29-30)25(34)26-16-11-9-15(10-12-16)22-17-5-1-2-6-18(17)24(33)28-27-22;1-2/h1-12H,13-14H2,(H,26,34)(H,28,33)(H,31,32);1-2H3. The zero-order valence-corrected chi connectivity index (χ0v) is 19.9. The molecule has 1 amide bonds. The minimum atomic E-state index is -0.935. The molecule has 0 saturated carbocycles. The molecule has 0 fully saturated rings. The van der Waals surface area contributed by atoms with Gasteiger partial charge in [0.15, 0.2) is 5.69 Å². The van der Waals surface area contributed by atoms with Crippen molar-refractivity contribution >= 4 is 39.2 Å². The van der Waals surface area contributed by atoms with E-state index in [0.29, 0.717) is 27.7 Å². The number of rotatable bonds is 6. The van der Waals surface area contributed by atoms with Crippen LogP contribution in [0.15, 0.2) is 77.6 Å². The third kappa shape index (κ3) is 4.85. The van der Waals surface area contributed by atoms with Crippen molar-refractivity contribution in [2.75, 3.05) is 5.32 Å². The minimum absolute atomic E-state index is 0.0956. The topological polar surface area (TPSA) is 130 Å². The fourth-order valence-electron chi connectivity index (χ4n) is 3.90. The molecule has 2 aromatic heterocycles. The summed E-state index contributed by atoms with van der Waals surface area (Å²) < 4.78 is 1.54. The number of para-hydroxylation sites is 1. The summed E-state index contributed by atoms with van der Waals surface area (Å²) in [6.45, 7) is 4.16. The molecule has 182 valence electrons. The number of aliphatic carboxylic acids is 1. The minimum Gasteiger partial charge on any atom is -0.481 e. The van der Waals surface area contributed by atoms with Crippen LogP contribution in [0.25, 0.3) is 32.9 Å². The lowest BCUT2D eigenvalue weighted by atomic mass is 10.0. The second-order valence-electron chi connectivity index (χ2n) is 7.71. The fourth-order valence-corrected chi connectivity index (χ4v) is 3.90. The first-order chi connectivity index (χ1) is 17.5. The van der Waals surface area contributed by atoms with Crippen LogP contribution in [-0.4, -0.2) is 37.0 Å². The molecule has 0 atom stereocenters. The Balaban J connectivity index is 0.00000148. The highest BCUT2D eigenvalue weighted by atomic mass is 16.4. The number of aromatic amines is 1. The lowest BCUT2D eigenvalue weighted by Crippen LogP contribution is -2.14. The van der Waals surface area contributed by atoms with Crippen LogP contribution in [0.5, 0.6) is 0 Å². The van der Waals surface area contributed by atoms with E-state index in [1.807, 2.05) is 44.2 Å². The third-order valence-corrected chi connectivity index (χ3v) is 5.52. The second kappa shape index (κ2) is 10.6. The van der Waals surface area contributed by atoms with Gasteiger partial charge in [-0.15, -0.1) is 0 Å². The Hall–Kier alpha value is -4.79. The van der Waals surface area contributed by atoms with Gasteiger partial charge >= 0.3 is 5.97 Å². The number of fused-ring (bicyclic) bond motifs is 2. The molecule has 5 rings (SSSR count). The number of nitrogens with one attached hydrogen (secondary N) is 2. The lowest BCUT2D eigenvalue weighted by molar-refractivity contribution is -0.137. The van der Waals surface area contributed by atoms with Gasteiger partial charge < -0.3 is 10.4 Å². The highest BCUT2D eigenvalue weighted by molar-refractivity contribution is 6.11. The zero-order chi connectivity index (χ0) is 25.7. The van der Waals surface area contributed by atoms with Gasteiger partial charge in [0, 0.05) is 22.0 Å². The Morgan fingerprint density at radius 1 is 0.917 bits per heavy atom. The molecule has 0 radical (unpaired) electrons. The van der Waals surface area contributed by atoms with Gasteiger partial charge in [0.2, 0.25) is 0 Å². The van der Waals surface area contributed by atoms with E-state index >= 15 is 0 Å². The van der Waals surface area contributed by atoms with Crippen LogP contribution in [0.1, 0.15) is 30.8 Å². The SMILES string of the molecule is CC.O=C(O)CCn1nc(C(=O)Nc2ccc(-c3n[nH]c(=O)c4ccccc34)cc2)c2ccccc21. The molecule has 0 unspecified atom stereocenters. The molecular formula is C27H25N5O4. The van der Waals surface area contributed by atoms with Crippen molar-refractivity contribution < 1.29 is 14.7 Å². The molecule has 9 heteroatoms. The summed E-state index contributed by atoms with van der Waals surface area (Å²) in [6.07, 6.45) is -0.0956. The third-order valence-electron chi connectivity index (χ3n) is 5.52. The van der Waals surface area contributed by atoms with E-state index in [-0.39, 0.29) is 24.2 Å². The van der Waals surface area contributed by atoms with E-state index in [1.165, 1.54) is 4.68 Å². The van der Waals surface area contributed by atoms with Crippen molar-refractivity contribution in [3.63, 3.8) is 0 Å². The molecule has 0 aliphatic heterocycles. The number of nitrogens with zero attached hydrogens (tertiary/aromatic N) is 3. The van der Waals surface area contributed by atoms with Gasteiger partial charge in [-0.05, 0) is 24.3 Å². The van der Waals surface area contributed by atoms with Gasteiger partial charge in [-0.3, -0.25) is 19.1 Å². The van der Waals surface area contributed by atoms with Gasteiger partial charge in [0.05, 0.1) is 29.6 Å². The first-order valence-corrected chi connectivity index (χ1v) is 11.6.